The van der Waals surface area contributed by atoms with E-state index in [1.807, 2.05) is 0 Å². The van der Waals surface area contributed by atoms with Crippen LogP contribution >= 0.6 is 11.6 Å². The Bertz CT molecular complexity index is 1060. The Labute approximate surface area is 168 Å². The predicted octanol–water partition coefficient (Wildman–Crippen LogP) is 4.42. The summed E-state index contributed by atoms with van der Waals surface area (Å²) < 4.78 is 24.5. The van der Waals surface area contributed by atoms with Crippen molar-refractivity contribution in [3.63, 3.8) is 0 Å². The van der Waals surface area contributed by atoms with Gasteiger partial charge in [0.2, 0.25) is 11.1 Å². The molecular formula is C18H13ClFN5O4. The van der Waals surface area contributed by atoms with Crippen molar-refractivity contribution in [1.82, 2.24) is 9.97 Å². The molecule has 0 radical (unpaired) electrons. The lowest BCUT2D eigenvalue weighted by molar-refractivity contribution is -0.384. The highest BCUT2D eigenvalue weighted by molar-refractivity contribution is 6.28. The highest BCUT2D eigenvalue weighted by Crippen LogP contribution is 2.32. The fraction of sp³-hybridized carbons (Fsp3) is 0.0556. The lowest BCUT2D eigenvalue weighted by atomic mass is 10.2. The van der Waals surface area contributed by atoms with Gasteiger partial charge in [0, 0.05) is 12.1 Å². The van der Waals surface area contributed by atoms with Crippen LogP contribution in [0.5, 0.6) is 17.4 Å². The number of nitro groups is 1. The van der Waals surface area contributed by atoms with Gasteiger partial charge in [-0.3, -0.25) is 15.5 Å². The molecule has 0 unspecified atom stereocenters. The third-order valence-corrected chi connectivity index (χ3v) is 3.74. The summed E-state index contributed by atoms with van der Waals surface area (Å²) in [6, 6.07) is 10.7. The molecule has 9 nitrogen and oxygen atoms in total. The van der Waals surface area contributed by atoms with Crippen molar-refractivity contribution in [3.8, 4) is 17.4 Å². The molecular weight excluding hydrogens is 405 g/mol. The van der Waals surface area contributed by atoms with Crippen molar-refractivity contribution in [2.45, 2.75) is 0 Å². The topological polar surface area (TPSA) is 112 Å². The second-order valence-corrected chi connectivity index (χ2v) is 5.82. The first kappa shape index (κ1) is 20.0. The van der Waals surface area contributed by atoms with Gasteiger partial charge in [0.15, 0.2) is 11.5 Å². The second-order valence-electron chi connectivity index (χ2n) is 5.48. The average molecular weight is 418 g/mol. The van der Waals surface area contributed by atoms with Gasteiger partial charge < -0.3 is 9.47 Å². The van der Waals surface area contributed by atoms with Crippen molar-refractivity contribution in [2.24, 2.45) is 5.10 Å². The minimum atomic E-state index is -0.782. The highest BCUT2D eigenvalue weighted by Gasteiger charge is 2.13. The molecule has 2 aromatic carbocycles. The molecule has 0 fully saturated rings. The zero-order chi connectivity index (χ0) is 20.8. The van der Waals surface area contributed by atoms with E-state index in [-0.39, 0.29) is 22.6 Å². The van der Waals surface area contributed by atoms with Crippen LogP contribution in [-0.2, 0) is 0 Å². The van der Waals surface area contributed by atoms with E-state index in [1.165, 1.54) is 37.6 Å². The molecule has 0 aliphatic carbocycles. The van der Waals surface area contributed by atoms with Gasteiger partial charge in [0.05, 0.1) is 30.1 Å². The van der Waals surface area contributed by atoms with E-state index in [4.69, 9.17) is 21.1 Å². The summed E-state index contributed by atoms with van der Waals surface area (Å²) in [7, 11) is 1.44. The first-order valence-corrected chi connectivity index (χ1v) is 8.41. The molecule has 0 bridgehead atoms. The van der Waals surface area contributed by atoms with E-state index in [9.17, 15) is 14.5 Å². The number of anilines is 1. The number of hydrogen-bond donors (Lipinski definition) is 1. The zero-order valence-electron chi connectivity index (χ0n) is 14.9. The Morgan fingerprint density at radius 3 is 2.69 bits per heavy atom. The Morgan fingerprint density at radius 1 is 1.24 bits per heavy atom. The number of nitrogens with zero attached hydrogens (tertiary/aromatic N) is 4. The van der Waals surface area contributed by atoms with Gasteiger partial charge in [0.1, 0.15) is 0 Å². The van der Waals surface area contributed by atoms with Crippen molar-refractivity contribution in [2.75, 3.05) is 12.5 Å². The summed E-state index contributed by atoms with van der Waals surface area (Å²) in [5, 5.41) is 14.6. The quantitative estimate of drug-likeness (QED) is 0.262. The molecule has 0 aliphatic heterocycles. The second kappa shape index (κ2) is 8.93. The lowest BCUT2D eigenvalue weighted by Crippen LogP contribution is -1.98. The number of hydrazone groups is 1. The molecule has 11 heteroatoms. The van der Waals surface area contributed by atoms with Crippen LogP contribution in [0.3, 0.4) is 0 Å². The third-order valence-electron chi connectivity index (χ3n) is 3.56. The largest absolute Gasteiger partial charge is 0.493 e. The molecule has 0 amide bonds. The number of halogens is 2. The van der Waals surface area contributed by atoms with E-state index < -0.39 is 10.7 Å². The number of nitrogens with one attached hydrogen (secondary N) is 1. The van der Waals surface area contributed by atoms with Gasteiger partial charge in [-0.15, -0.1) is 0 Å². The van der Waals surface area contributed by atoms with Crippen molar-refractivity contribution >= 4 is 29.2 Å². The van der Waals surface area contributed by atoms with E-state index >= 15 is 0 Å². The van der Waals surface area contributed by atoms with Crippen LogP contribution in [0.15, 0.2) is 53.8 Å². The molecule has 148 valence electrons. The Kier molecular flexibility index (Phi) is 6.15. The lowest BCUT2D eigenvalue weighted by Gasteiger charge is -2.10. The average Bonchev–Trinajstić information content (AvgIpc) is 2.71. The normalized spacial score (nSPS) is 10.7. The molecule has 29 heavy (non-hydrogen) atoms. The summed E-state index contributed by atoms with van der Waals surface area (Å²) >= 11 is 5.67. The molecule has 0 atom stereocenters. The Morgan fingerprint density at radius 2 is 2.00 bits per heavy atom. The van der Waals surface area contributed by atoms with Gasteiger partial charge in [-0.2, -0.15) is 14.5 Å². The van der Waals surface area contributed by atoms with Crippen LogP contribution in [0.1, 0.15) is 5.56 Å². The molecule has 1 heterocycles. The van der Waals surface area contributed by atoms with Crippen LogP contribution in [0.4, 0.5) is 15.8 Å². The molecule has 3 aromatic rings. The maximum atomic E-state index is 13.8. The van der Waals surface area contributed by atoms with Crippen LogP contribution in [0.2, 0.25) is 5.28 Å². The molecule has 0 aliphatic rings. The monoisotopic (exact) mass is 417 g/mol. The number of aromatic nitrogens is 2. The Balaban J connectivity index is 1.76. The molecule has 3 rings (SSSR count). The number of benzene rings is 2. The van der Waals surface area contributed by atoms with Crippen LogP contribution in [0, 0.1) is 15.9 Å². The molecule has 1 N–H and O–H groups in total. The van der Waals surface area contributed by atoms with Gasteiger partial charge in [-0.1, -0.05) is 0 Å². The maximum Gasteiger partial charge on any atom is 0.269 e. The molecule has 1 aromatic heterocycles. The number of rotatable bonds is 7. The molecule has 0 saturated heterocycles. The number of non-ortho nitro benzene ring substituents is 1. The smallest absolute Gasteiger partial charge is 0.269 e. The van der Waals surface area contributed by atoms with Crippen molar-refractivity contribution < 1.29 is 18.8 Å². The highest BCUT2D eigenvalue weighted by atomic mass is 35.5. The first-order chi connectivity index (χ1) is 14.0. The van der Waals surface area contributed by atoms with E-state index in [1.54, 1.807) is 18.2 Å². The summed E-state index contributed by atoms with van der Waals surface area (Å²) in [4.78, 5) is 17.4. The van der Waals surface area contributed by atoms with E-state index in [2.05, 4.69) is 20.5 Å². The predicted molar refractivity (Wildman–Crippen MR) is 104 cm³/mol. The van der Waals surface area contributed by atoms with Crippen molar-refractivity contribution in [1.29, 1.82) is 0 Å². The van der Waals surface area contributed by atoms with Crippen molar-refractivity contribution in [3.05, 3.63) is 75.4 Å². The summed E-state index contributed by atoms with van der Waals surface area (Å²) in [5.41, 5.74) is 3.90. The fourth-order valence-corrected chi connectivity index (χ4v) is 2.32. The Hall–Kier alpha value is -3.79. The SMILES string of the molecule is COc1ccc(/C=N/Nc2ccc([N+](=O)[O-])cc2)cc1Oc1nc(Cl)ncc1F. The summed E-state index contributed by atoms with van der Waals surface area (Å²) in [5.74, 6) is -0.586. The molecule has 0 saturated carbocycles. The van der Waals surface area contributed by atoms with E-state index in [0.29, 0.717) is 17.0 Å². The first-order valence-electron chi connectivity index (χ1n) is 8.03. The molecule has 0 spiro atoms. The minimum absolute atomic E-state index is 0.0199. The zero-order valence-corrected chi connectivity index (χ0v) is 15.6. The summed E-state index contributed by atoms with van der Waals surface area (Å²) in [6.07, 6.45) is 2.38. The minimum Gasteiger partial charge on any atom is -0.493 e. The fourth-order valence-electron chi connectivity index (χ4n) is 2.20. The van der Waals surface area contributed by atoms with Gasteiger partial charge in [0.25, 0.3) is 11.6 Å². The van der Waals surface area contributed by atoms with E-state index in [0.717, 1.165) is 6.20 Å². The standard InChI is InChI=1S/C18H13ClFN5O4/c1-28-15-7-2-11(8-16(15)29-17-14(20)10-21-18(19)23-17)9-22-24-12-3-5-13(6-4-12)25(26)27/h2-10,24H,1H3/b22-9+. The number of methoxy groups -OCH3 is 1. The maximum absolute atomic E-state index is 13.8. The third kappa shape index (κ3) is 5.14. The van der Waals surface area contributed by atoms with Crippen LogP contribution < -0.4 is 14.9 Å². The number of hydrogen-bond acceptors (Lipinski definition) is 8. The van der Waals surface area contributed by atoms with Crippen LogP contribution in [-0.4, -0.2) is 28.2 Å². The van der Waals surface area contributed by atoms with Gasteiger partial charge >= 0.3 is 0 Å². The van der Waals surface area contributed by atoms with Gasteiger partial charge in [-0.25, -0.2) is 4.98 Å². The number of ether oxygens (including phenoxy) is 2. The number of nitro benzene ring substituents is 1. The van der Waals surface area contributed by atoms with Crippen LogP contribution in [0.25, 0.3) is 0 Å². The van der Waals surface area contributed by atoms with Gasteiger partial charge in [-0.05, 0) is 47.5 Å². The summed E-state index contributed by atoms with van der Waals surface area (Å²) in [6.45, 7) is 0.